The summed E-state index contributed by atoms with van der Waals surface area (Å²) in [7, 11) is 0. The van der Waals surface area contributed by atoms with E-state index in [1.54, 1.807) is 12.1 Å². The van der Waals surface area contributed by atoms with E-state index in [4.69, 9.17) is 4.42 Å². The summed E-state index contributed by atoms with van der Waals surface area (Å²) in [4.78, 5) is 15.9. The number of fused-ring (bicyclic) bond motifs is 1. The lowest BCUT2D eigenvalue weighted by atomic mass is 10.1. The number of aromatic hydroxyl groups is 1. The van der Waals surface area contributed by atoms with Gasteiger partial charge in [0.1, 0.15) is 5.75 Å². The van der Waals surface area contributed by atoms with Gasteiger partial charge in [0, 0.05) is 21.2 Å². The Morgan fingerprint density at radius 1 is 1.18 bits per heavy atom. The Hall–Kier alpha value is -2.15. The maximum Gasteiger partial charge on any atom is 0.336 e. The van der Waals surface area contributed by atoms with Gasteiger partial charge in [0.2, 0.25) is 0 Å². The Morgan fingerprint density at radius 2 is 1.91 bits per heavy atom. The van der Waals surface area contributed by atoms with Crippen LogP contribution in [0.3, 0.4) is 0 Å². The largest absolute Gasteiger partial charge is 0.507 e. The maximum atomic E-state index is 11.6. The summed E-state index contributed by atoms with van der Waals surface area (Å²) in [6.45, 7) is 1.83. The van der Waals surface area contributed by atoms with Gasteiger partial charge in [0.05, 0.1) is 11.3 Å². The van der Waals surface area contributed by atoms with E-state index in [9.17, 15) is 9.90 Å². The Morgan fingerprint density at radius 3 is 2.64 bits per heavy atom. The van der Waals surface area contributed by atoms with Crippen LogP contribution < -0.4 is 5.63 Å². The first-order valence-electron chi connectivity index (χ1n) is 6.60. The molecule has 1 aromatic heterocycles. The molecule has 22 heavy (non-hydrogen) atoms. The zero-order valence-corrected chi connectivity index (χ0v) is 13.9. The second-order valence-corrected chi connectivity index (χ2v) is 6.10. The van der Waals surface area contributed by atoms with E-state index in [1.165, 1.54) is 12.3 Å². The van der Waals surface area contributed by atoms with Crippen LogP contribution >= 0.6 is 22.6 Å². The van der Waals surface area contributed by atoms with Crippen molar-refractivity contribution >= 4 is 45.5 Å². The quantitative estimate of drug-likeness (QED) is 0.396. The number of hydrogen-bond donors (Lipinski definition) is 1. The highest BCUT2D eigenvalue weighted by Gasteiger charge is 2.10. The highest BCUT2D eigenvalue weighted by molar-refractivity contribution is 14.1. The molecule has 4 nitrogen and oxygen atoms in total. The molecule has 0 atom stereocenters. The minimum Gasteiger partial charge on any atom is -0.507 e. The van der Waals surface area contributed by atoms with Gasteiger partial charge < -0.3 is 9.52 Å². The molecule has 0 aliphatic carbocycles. The van der Waals surface area contributed by atoms with Crippen molar-refractivity contribution in [3.63, 3.8) is 0 Å². The van der Waals surface area contributed by atoms with Crippen LogP contribution in [-0.2, 0) is 0 Å². The minimum absolute atomic E-state index is 0.0236. The number of aliphatic imine (C=N–C) groups is 1. The lowest BCUT2D eigenvalue weighted by Gasteiger charge is -2.05. The fraction of sp³-hybridized carbons (Fsp3) is 0.0588. The predicted molar refractivity (Wildman–Crippen MR) is 95.3 cm³/mol. The van der Waals surface area contributed by atoms with Crippen LogP contribution in [0.5, 0.6) is 5.75 Å². The third-order valence-corrected chi connectivity index (χ3v) is 4.02. The smallest absolute Gasteiger partial charge is 0.336 e. The molecule has 0 radical (unpaired) electrons. The van der Waals surface area contributed by atoms with Crippen molar-refractivity contribution in [3.8, 4) is 5.75 Å². The third-order valence-electron chi connectivity index (χ3n) is 3.30. The first-order chi connectivity index (χ1) is 10.5. The van der Waals surface area contributed by atoms with Crippen molar-refractivity contribution < 1.29 is 9.52 Å². The maximum absolute atomic E-state index is 11.6. The van der Waals surface area contributed by atoms with Crippen molar-refractivity contribution in [1.29, 1.82) is 0 Å². The fourth-order valence-electron chi connectivity index (χ4n) is 2.19. The van der Waals surface area contributed by atoms with Gasteiger partial charge in [0.25, 0.3) is 0 Å². The number of halogens is 1. The van der Waals surface area contributed by atoms with Crippen LogP contribution in [0.2, 0.25) is 0 Å². The molecule has 0 saturated carbocycles. The fourth-order valence-corrected chi connectivity index (χ4v) is 2.54. The summed E-state index contributed by atoms with van der Waals surface area (Å²) in [5.74, 6) is 0.0236. The van der Waals surface area contributed by atoms with Gasteiger partial charge in [-0.15, -0.1) is 0 Å². The normalized spacial score (nSPS) is 11.4. The molecule has 110 valence electrons. The van der Waals surface area contributed by atoms with E-state index in [-0.39, 0.29) is 5.75 Å². The molecule has 0 aliphatic heterocycles. The van der Waals surface area contributed by atoms with Gasteiger partial charge in [-0.05, 0) is 71.5 Å². The summed E-state index contributed by atoms with van der Waals surface area (Å²) in [6.07, 6.45) is 1.52. The van der Waals surface area contributed by atoms with Crippen molar-refractivity contribution in [2.24, 2.45) is 4.99 Å². The number of phenolic OH excluding ortho intramolecular Hbond substituents is 1. The molecule has 0 aliphatic rings. The molecule has 0 spiro atoms. The van der Waals surface area contributed by atoms with Crippen LogP contribution in [0.25, 0.3) is 11.0 Å². The number of nitrogens with zero attached hydrogens (tertiary/aromatic N) is 1. The van der Waals surface area contributed by atoms with Crippen molar-refractivity contribution in [3.05, 3.63) is 67.6 Å². The lowest BCUT2D eigenvalue weighted by molar-refractivity contribution is 0.472. The molecule has 0 amide bonds. The Labute approximate surface area is 140 Å². The number of aryl methyl sites for hydroxylation is 1. The van der Waals surface area contributed by atoms with Crippen LogP contribution in [0.15, 0.2) is 56.7 Å². The van der Waals surface area contributed by atoms with Crippen LogP contribution in [0, 0.1) is 10.5 Å². The lowest BCUT2D eigenvalue weighted by Crippen LogP contribution is -2.00. The van der Waals surface area contributed by atoms with Gasteiger partial charge in [-0.3, -0.25) is 4.99 Å². The number of rotatable bonds is 2. The molecule has 1 N–H and O–H groups in total. The van der Waals surface area contributed by atoms with E-state index in [0.717, 1.165) is 20.2 Å². The molecule has 1 heterocycles. The molecule has 0 unspecified atom stereocenters. The van der Waals surface area contributed by atoms with Gasteiger partial charge >= 0.3 is 5.63 Å². The predicted octanol–water partition coefficient (Wildman–Crippen LogP) is 4.16. The van der Waals surface area contributed by atoms with Crippen molar-refractivity contribution in [1.82, 2.24) is 0 Å². The molecule has 3 aromatic rings. The van der Waals surface area contributed by atoms with E-state index < -0.39 is 5.63 Å². The van der Waals surface area contributed by atoms with E-state index in [1.807, 2.05) is 31.2 Å². The summed E-state index contributed by atoms with van der Waals surface area (Å²) >= 11 is 2.22. The van der Waals surface area contributed by atoms with Crippen LogP contribution in [0.1, 0.15) is 11.1 Å². The first kappa shape index (κ1) is 14.8. The third kappa shape index (κ3) is 2.89. The summed E-state index contributed by atoms with van der Waals surface area (Å²) in [6, 6.07) is 12.4. The zero-order chi connectivity index (χ0) is 15.7. The van der Waals surface area contributed by atoms with E-state index in [2.05, 4.69) is 27.6 Å². The Bertz CT molecular complexity index is 927. The highest BCUT2D eigenvalue weighted by Crippen LogP contribution is 2.27. The minimum atomic E-state index is -0.445. The highest BCUT2D eigenvalue weighted by atomic mass is 127. The standard InChI is InChI=1S/C17H12INO3/c1-10-8-16(21)22-17-13(10)6-7-15(20)14(17)9-19-12-4-2-11(18)3-5-12/h2-9,20H,1H3. The number of benzene rings is 2. The van der Waals surface area contributed by atoms with Gasteiger partial charge in [-0.1, -0.05) is 0 Å². The van der Waals surface area contributed by atoms with Crippen LogP contribution in [0.4, 0.5) is 5.69 Å². The summed E-state index contributed by atoms with van der Waals surface area (Å²) in [5.41, 5.74) is 1.86. The molecule has 0 fully saturated rings. The average molecular weight is 405 g/mol. The van der Waals surface area contributed by atoms with Crippen molar-refractivity contribution in [2.75, 3.05) is 0 Å². The second kappa shape index (κ2) is 5.92. The molecule has 3 rings (SSSR count). The second-order valence-electron chi connectivity index (χ2n) is 4.86. The average Bonchev–Trinajstić information content (AvgIpc) is 2.47. The topological polar surface area (TPSA) is 62.8 Å². The molecular formula is C17H12INO3. The SMILES string of the molecule is Cc1cc(=O)oc2c(C=Nc3ccc(I)cc3)c(O)ccc12. The van der Waals surface area contributed by atoms with Gasteiger partial charge in [-0.25, -0.2) is 4.79 Å². The number of phenols is 1. The molecule has 0 bridgehead atoms. The molecule has 5 heteroatoms. The summed E-state index contributed by atoms with van der Waals surface area (Å²) in [5, 5.41) is 10.8. The summed E-state index contributed by atoms with van der Waals surface area (Å²) < 4.78 is 6.37. The monoisotopic (exact) mass is 405 g/mol. The molecule has 0 saturated heterocycles. The molecular weight excluding hydrogens is 393 g/mol. The Balaban J connectivity index is 2.15. The Kier molecular flexibility index (Phi) is 3.98. The van der Waals surface area contributed by atoms with E-state index in [0.29, 0.717) is 11.1 Å². The molecule has 2 aromatic carbocycles. The van der Waals surface area contributed by atoms with Gasteiger partial charge in [-0.2, -0.15) is 0 Å². The zero-order valence-electron chi connectivity index (χ0n) is 11.7. The van der Waals surface area contributed by atoms with Crippen LogP contribution in [-0.4, -0.2) is 11.3 Å². The van der Waals surface area contributed by atoms with Gasteiger partial charge in [0.15, 0.2) is 5.58 Å². The van der Waals surface area contributed by atoms with Crippen molar-refractivity contribution in [2.45, 2.75) is 6.92 Å². The number of hydrogen-bond acceptors (Lipinski definition) is 4. The van der Waals surface area contributed by atoms with E-state index >= 15 is 0 Å². The first-order valence-corrected chi connectivity index (χ1v) is 7.68.